The third kappa shape index (κ3) is 5.11. The van der Waals surface area contributed by atoms with E-state index in [0.29, 0.717) is 39.8 Å². The number of carbonyl (C=O) groups is 1. The minimum Gasteiger partial charge on any atom is -0.490 e. The molecule has 3 aromatic rings. The Morgan fingerprint density at radius 2 is 1.89 bits per heavy atom. The Morgan fingerprint density at radius 3 is 2.66 bits per heavy atom. The highest BCUT2D eigenvalue weighted by Gasteiger charge is 2.36. The van der Waals surface area contributed by atoms with Crippen LogP contribution in [0.5, 0.6) is 11.5 Å². The molecule has 3 heterocycles. The maximum absolute atomic E-state index is 12.7. The van der Waals surface area contributed by atoms with Gasteiger partial charge in [-0.2, -0.15) is 15.1 Å². The quantitative estimate of drug-likeness (QED) is 0.365. The van der Waals surface area contributed by atoms with Crippen molar-refractivity contribution in [3.8, 4) is 11.5 Å². The first-order chi connectivity index (χ1) is 17.1. The van der Waals surface area contributed by atoms with Crippen LogP contribution in [-0.4, -0.2) is 45.2 Å². The molecule has 8 nitrogen and oxygen atoms in total. The number of halogens is 1. The molecule has 1 N–H and O–H groups in total. The van der Waals surface area contributed by atoms with Gasteiger partial charge >= 0.3 is 0 Å². The van der Waals surface area contributed by atoms with Gasteiger partial charge < -0.3 is 9.47 Å². The Balaban J connectivity index is 1.27. The maximum Gasteiger partial charge on any atom is 0.283 e. The monoisotopic (exact) mass is 503 g/mol. The highest BCUT2D eigenvalue weighted by molar-refractivity contribution is 8.27. The molecule has 2 aliphatic heterocycles. The zero-order chi connectivity index (χ0) is 24.2. The zero-order valence-corrected chi connectivity index (χ0v) is 19.8. The number of benzene rings is 2. The van der Waals surface area contributed by atoms with Gasteiger partial charge in [0.2, 0.25) is 5.17 Å². The van der Waals surface area contributed by atoms with Crippen molar-refractivity contribution < 1.29 is 14.3 Å². The van der Waals surface area contributed by atoms with Crippen molar-refractivity contribution in [2.45, 2.75) is 0 Å². The number of hydrogen-bond acceptors (Lipinski definition) is 7. The molecule has 0 spiro atoms. The molecular formula is C25H18ClN5O3S. The third-order valence-electron chi connectivity index (χ3n) is 4.98. The van der Waals surface area contributed by atoms with E-state index in [1.54, 1.807) is 42.7 Å². The van der Waals surface area contributed by atoms with Crippen molar-refractivity contribution in [3.05, 3.63) is 94.8 Å². The van der Waals surface area contributed by atoms with Gasteiger partial charge in [-0.25, -0.2) is 0 Å². The van der Waals surface area contributed by atoms with Gasteiger partial charge in [0.25, 0.3) is 5.91 Å². The van der Waals surface area contributed by atoms with Crippen LogP contribution in [0.4, 0.5) is 0 Å². The normalized spacial score (nSPS) is 16.1. The van der Waals surface area contributed by atoms with Crippen LogP contribution < -0.4 is 9.47 Å². The number of hydrazone groups is 1. The highest BCUT2D eigenvalue weighted by Crippen LogP contribution is 2.32. The molecule has 0 saturated carbocycles. The predicted octanol–water partition coefficient (Wildman–Crippen LogP) is 4.86. The maximum atomic E-state index is 12.7. The van der Waals surface area contributed by atoms with E-state index < -0.39 is 5.91 Å². The number of nitrogens with zero attached hydrogens (tertiary/aromatic N) is 4. The van der Waals surface area contributed by atoms with E-state index in [-0.39, 0.29) is 11.4 Å². The summed E-state index contributed by atoms with van der Waals surface area (Å²) in [5.41, 5.74) is 1.54. The zero-order valence-electron chi connectivity index (χ0n) is 18.2. The fourth-order valence-corrected chi connectivity index (χ4v) is 4.44. The summed E-state index contributed by atoms with van der Waals surface area (Å²) in [5.74, 6) is 0.701. The van der Waals surface area contributed by atoms with Crippen LogP contribution in [0.2, 0.25) is 5.02 Å². The van der Waals surface area contributed by atoms with E-state index in [1.165, 1.54) is 16.8 Å². The molecule has 2 aromatic carbocycles. The molecule has 0 aliphatic carbocycles. The van der Waals surface area contributed by atoms with Crippen molar-refractivity contribution in [1.82, 2.24) is 9.99 Å². The number of aromatic nitrogens is 1. The SMILES string of the molecule is N=C1/C(=C/c2ccc(OCCOc3ccccc3)c(Cl)c2)C(=O)N=C2SC(c3cccnc3)=NN12. The largest absolute Gasteiger partial charge is 0.490 e. The number of rotatable bonds is 7. The van der Waals surface area contributed by atoms with Crippen LogP contribution in [0.1, 0.15) is 11.1 Å². The lowest BCUT2D eigenvalue weighted by Gasteiger charge is -2.20. The topological polar surface area (TPSA) is 100 Å². The van der Waals surface area contributed by atoms with Gasteiger partial charge in [-0.05, 0) is 59.8 Å². The second-order valence-electron chi connectivity index (χ2n) is 7.37. The molecule has 5 rings (SSSR count). The summed E-state index contributed by atoms with van der Waals surface area (Å²) >= 11 is 7.61. The number of amides is 1. The van der Waals surface area contributed by atoms with Crippen molar-refractivity contribution in [2.24, 2.45) is 10.1 Å². The fraction of sp³-hybridized carbons (Fsp3) is 0.0800. The molecule has 0 radical (unpaired) electrons. The lowest BCUT2D eigenvalue weighted by atomic mass is 10.1. The third-order valence-corrected chi connectivity index (χ3v) is 6.24. The molecule has 1 aromatic heterocycles. The molecule has 0 fully saturated rings. The number of carbonyl (C=O) groups excluding carboxylic acids is 1. The minimum atomic E-state index is -0.508. The molecule has 35 heavy (non-hydrogen) atoms. The van der Waals surface area contributed by atoms with Crippen LogP contribution in [0, 0.1) is 5.41 Å². The number of nitrogens with one attached hydrogen (secondary N) is 1. The van der Waals surface area contributed by atoms with Crippen molar-refractivity contribution in [1.29, 1.82) is 5.41 Å². The summed E-state index contributed by atoms with van der Waals surface area (Å²) in [6.07, 6.45) is 4.91. The molecule has 2 aliphatic rings. The number of pyridine rings is 1. The summed E-state index contributed by atoms with van der Waals surface area (Å²) < 4.78 is 11.3. The number of amidine groups is 2. The van der Waals surface area contributed by atoms with Gasteiger partial charge in [-0.15, -0.1) is 0 Å². The summed E-state index contributed by atoms with van der Waals surface area (Å²) in [7, 11) is 0. The lowest BCUT2D eigenvalue weighted by Crippen LogP contribution is -2.35. The van der Waals surface area contributed by atoms with Crippen molar-refractivity contribution in [2.75, 3.05) is 13.2 Å². The second kappa shape index (κ2) is 10.1. The first kappa shape index (κ1) is 22.8. The van der Waals surface area contributed by atoms with E-state index in [4.69, 9.17) is 26.5 Å². The molecule has 0 atom stereocenters. The Labute approximate surface area is 210 Å². The average Bonchev–Trinajstić information content (AvgIpc) is 3.31. The standard InChI is InChI=1S/C25H18ClN5O3S/c26-20-14-16(8-9-21(20)34-12-11-33-18-6-2-1-3-7-18)13-19-22(27)31-25(29-23(19)32)35-24(30-31)17-5-4-10-28-15-17/h1-10,13-15,27H,11-12H2/b19-13-,27-22?. The molecule has 174 valence electrons. The fourth-order valence-electron chi connectivity index (χ4n) is 3.32. The van der Waals surface area contributed by atoms with E-state index >= 15 is 0 Å². The molecule has 1 amide bonds. The first-order valence-electron chi connectivity index (χ1n) is 10.6. The Hall–Kier alpha value is -3.95. The summed E-state index contributed by atoms with van der Waals surface area (Å²) in [5, 5.41) is 15.7. The number of aliphatic imine (C=N–C) groups is 1. The van der Waals surface area contributed by atoms with Crippen LogP contribution >= 0.6 is 23.4 Å². The van der Waals surface area contributed by atoms with E-state index in [9.17, 15) is 4.79 Å². The molecule has 0 unspecified atom stereocenters. The van der Waals surface area contributed by atoms with Crippen LogP contribution in [0.25, 0.3) is 6.08 Å². The summed E-state index contributed by atoms with van der Waals surface area (Å²) in [4.78, 5) is 20.9. The molecule has 0 saturated heterocycles. The van der Waals surface area contributed by atoms with Gasteiger partial charge in [-0.3, -0.25) is 15.2 Å². The number of ether oxygens (including phenoxy) is 2. The van der Waals surface area contributed by atoms with Crippen LogP contribution in [0.15, 0.2) is 88.7 Å². The van der Waals surface area contributed by atoms with Crippen LogP contribution in [-0.2, 0) is 4.79 Å². The van der Waals surface area contributed by atoms with Gasteiger partial charge in [-0.1, -0.05) is 35.9 Å². The smallest absolute Gasteiger partial charge is 0.283 e. The minimum absolute atomic E-state index is 0.0547. The lowest BCUT2D eigenvalue weighted by molar-refractivity contribution is -0.114. The summed E-state index contributed by atoms with van der Waals surface area (Å²) in [6, 6.07) is 18.3. The number of hydrogen-bond donors (Lipinski definition) is 1. The Bertz CT molecular complexity index is 1380. The van der Waals surface area contributed by atoms with Gasteiger partial charge in [0.05, 0.1) is 10.6 Å². The molecule has 10 heteroatoms. The molecular weight excluding hydrogens is 486 g/mol. The number of para-hydroxylation sites is 1. The molecule has 0 bridgehead atoms. The van der Waals surface area contributed by atoms with Gasteiger partial charge in [0.1, 0.15) is 29.8 Å². The Kier molecular flexibility index (Phi) is 6.60. The summed E-state index contributed by atoms with van der Waals surface area (Å²) in [6.45, 7) is 0.688. The number of thioether (sulfide) groups is 1. The van der Waals surface area contributed by atoms with E-state index in [0.717, 1.165) is 11.3 Å². The van der Waals surface area contributed by atoms with Gasteiger partial charge in [0.15, 0.2) is 5.84 Å². The van der Waals surface area contributed by atoms with Crippen molar-refractivity contribution >= 4 is 51.4 Å². The van der Waals surface area contributed by atoms with Gasteiger partial charge in [0, 0.05) is 18.0 Å². The first-order valence-corrected chi connectivity index (χ1v) is 11.8. The highest BCUT2D eigenvalue weighted by atomic mass is 35.5. The predicted molar refractivity (Wildman–Crippen MR) is 137 cm³/mol. The second-order valence-corrected chi connectivity index (χ2v) is 8.73. The Morgan fingerprint density at radius 1 is 1.06 bits per heavy atom. The van der Waals surface area contributed by atoms with Crippen LogP contribution in [0.3, 0.4) is 0 Å². The van der Waals surface area contributed by atoms with Crippen molar-refractivity contribution in [3.63, 3.8) is 0 Å². The number of fused-ring (bicyclic) bond motifs is 1. The average molecular weight is 504 g/mol. The van der Waals surface area contributed by atoms with E-state index in [2.05, 4.69) is 15.1 Å². The van der Waals surface area contributed by atoms with E-state index in [1.807, 2.05) is 36.4 Å².